The topological polar surface area (TPSA) is 66.4 Å². The maximum Gasteiger partial charge on any atom is 0.422 e. The third-order valence-corrected chi connectivity index (χ3v) is 3.75. The molecule has 0 spiro atoms. The summed E-state index contributed by atoms with van der Waals surface area (Å²) < 4.78 is 38.5. The number of aliphatic carboxylic acids is 1. The van der Waals surface area contributed by atoms with Gasteiger partial charge in [-0.05, 0) is 41.1 Å². The second kappa shape index (κ2) is 5.61. The molecule has 1 unspecified atom stereocenters. The third-order valence-electron chi connectivity index (χ3n) is 2.54. The molecular formula is C11H8BrClF3NO3. The molecule has 4 nitrogen and oxygen atoms in total. The van der Waals surface area contributed by atoms with Gasteiger partial charge >= 0.3 is 12.1 Å². The van der Waals surface area contributed by atoms with Crippen LogP contribution in [0.3, 0.4) is 0 Å². The zero-order valence-electron chi connectivity index (χ0n) is 9.89. The molecule has 1 aromatic carbocycles. The molecule has 1 rings (SSSR count). The number of amides is 1. The average Bonchev–Trinajstić information content (AvgIpc) is 2.30. The van der Waals surface area contributed by atoms with Crippen LogP contribution < -0.4 is 5.32 Å². The van der Waals surface area contributed by atoms with Crippen LogP contribution in [0, 0.1) is 0 Å². The fourth-order valence-electron chi connectivity index (χ4n) is 1.18. The minimum atomic E-state index is -5.14. The predicted octanol–water partition coefficient (Wildman–Crippen LogP) is 3.24. The monoisotopic (exact) mass is 373 g/mol. The number of halogens is 5. The van der Waals surface area contributed by atoms with Gasteiger partial charge in [0.1, 0.15) is 0 Å². The highest BCUT2D eigenvalue weighted by molar-refractivity contribution is 9.10. The van der Waals surface area contributed by atoms with Gasteiger partial charge in [-0.2, -0.15) is 13.2 Å². The Bertz CT molecular complexity index is 564. The minimum Gasteiger partial charge on any atom is -0.479 e. The van der Waals surface area contributed by atoms with Crippen LogP contribution in [0.4, 0.5) is 13.2 Å². The molecule has 0 aliphatic rings. The number of alkyl halides is 3. The summed E-state index contributed by atoms with van der Waals surface area (Å²) in [5.74, 6) is -3.38. The zero-order chi connectivity index (χ0) is 15.7. The van der Waals surface area contributed by atoms with E-state index in [-0.39, 0.29) is 10.6 Å². The smallest absolute Gasteiger partial charge is 0.422 e. The van der Waals surface area contributed by atoms with Crippen LogP contribution in [0.5, 0.6) is 0 Å². The first-order valence-electron chi connectivity index (χ1n) is 5.06. The first-order valence-corrected chi connectivity index (χ1v) is 6.24. The maximum absolute atomic E-state index is 12.7. The Morgan fingerprint density at radius 2 is 1.90 bits per heavy atom. The highest BCUT2D eigenvalue weighted by atomic mass is 79.9. The molecule has 0 aliphatic carbocycles. The van der Waals surface area contributed by atoms with Crippen molar-refractivity contribution in [3.63, 3.8) is 0 Å². The summed E-state index contributed by atoms with van der Waals surface area (Å²) >= 11 is 8.70. The molecule has 0 heterocycles. The van der Waals surface area contributed by atoms with E-state index in [4.69, 9.17) is 16.7 Å². The van der Waals surface area contributed by atoms with Crippen LogP contribution in [0.1, 0.15) is 17.3 Å². The number of nitrogens with one attached hydrogen (secondary N) is 1. The molecule has 20 heavy (non-hydrogen) atoms. The molecule has 0 aliphatic heterocycles. The SMILES string of the molecule is CC(NC(=O)c1ccc(Cl)c(Br)c1)(C(=O)O)C(F)(F)F. The summed E-state index contributed by atoms with van der Waals surface area (Å²) in [5.41, 5.74) is -3.53. The van der Waals surface area contributed by atoms with Gasteiger partial charge in [-0.1, -0.05) is 11.6 Å². The molecule has 0 saturated heterocycles. The Balaban J connectivity index is 3.09. The Kier molecular flexibility index (Phi) is 4.70. The summed E-state index contributed by atoms with van der Waals surface area (Å²) in [7, 11) is 0. The standard InChI is InChI=1S/C11H8BrClF3NO3/c1-10(9(19)20,11(14,15)16)17-8(18)5-2-3-7(13)6(12)4-5/h2-4H,1H3,(H,17,18)(H,19,20). The van der Waals surface area contributed by atoms with Crippen LogP contribution in [-0.4, -0.2) is 28.7 Å². The molecule has 1 atom stereocenters. The third kappa shape index (κ3) is 3.24. The van der Waals surface area contributed by atoms with E-state index in [1.165, 1.54) is 23.5 Å². The average molecular weight is 375 g/mol. The molecular weight excluding hydrogens is 366 g/mol. The quantitative estimate of drug-likeness (QED) is 0.854. The van der Waals surface area contributed by atoms with Crippen LogP contribution in [-0.2, 0) is 4.79 Å². The first kappa shape index (κ1) is 16.8. The molecule has 1 aromatic rings. The molecule has 9 heteroatoms. The molecule has 2 N–H and O–H groups in total. The van der Waals surface area contributed by atoms with Crippen molar-refractivity contribution < 1.29 is 27.9 Å². The van der Waals surface area contributed by atoms with Crippen molar-refractivity contribution in [1.29, 1.82) is 0 Å². The van der Waals surface area contributed by atoms with Gasteiger partial charge in [0.25, 0.3) is 5.91 Å². The van der Waals surface area contributed by atoms with Gasteiger partial charge in [0.05, 0.1) is 5.02 Å². The number of hydrogen-bond acceptors (Lipinski definition) is 2. The maximum atomic E-state index is 12.7. The van der Waals surface area contributed by atoms with Crippen LogP contribution in [0.25, 0.3) is 0 Å². The van der Waals surface area contributed by atoms with E-state index in [9.17, 15) is 22.8 Å². The molecule has 1 amide bonds. The lowest BCUT2D eigenvalue weighted by Crippen LogP contribution is -2.61. The van der Waals surface area contributed by atoms with Crippen LogP contribution in [0.2, 0.25) is 5.02 Å². The Labute approximate surface area is 125 Å². The summed E-state index contributed by atoms with van der Waals surface area (Å²) in [6, 6.07) is 3.67. The van der Waals surface area contributed by atoms with E-state index in [2.05, 4.69) is 15.9 Å². The van der Waals surface area contributed by atoms with Crippen molar-refractivity contribution in [2.24, 2.45) is 0 Å². The van der Waals surface area contributed by atoms with E-state index >= 15 is 0 Å². The van der Waals surface area contributed by atoms with E-state index in [0.29, 0.717) is 11.4 Å². The Hall–Kier alpha value is -1.28. The number of carbonyl (C=O) groups excluding carboxylic acids is 1. The van der Waals surface area contributed by atoms with Gasteiger partial charge in [0.15, 0.2) is 0 Å². The van der Waals surface area contributed by atoms with E-state index in [1.807, 2.05) is 0 Å². The number of carboxylic acid groups (broad SMARTS) is 1. The lowest BCUT2D eigenvalue weighted by molar-refractivity contribution is -0.203. The molecule has 0 aromatic heterocycles. The van der Waals surface area contributed by atoms with Gasteiger partial charge in [-0.15, -0.1) is 0 Å². The van der Waals surface area contributed by atoms with Crippen molar-refractivity contribution in [3.8, 4) is 0 Å². The number of rotatable bonds is 3. The van der Waals surface area contributed by atoms with Crippen LogP contribution in [0.15, 0.2) is 22.7 Å². The number of benzene rings is 1. The highest BCUT2D eigenvalue weighted by Crippen LogP contribution is 2.31. The van der Waals surface area contributed by atoms with Crippen molar-refractivity contribution in [2.75, 3.05) is 0 Å². The first-order chi connectivity index (χ1) is 8.99. The Morgan fingerprint density at radius 3 is 2.30 bits per heavy atom. The Morgan fingerprint density at radius 1 is 1.35 bits per heavy atom. The predicted molar refractivity (Wildman–Crippen MR) is 68.7 cm³/mol. The lowest BCUT2D eigenvalue weighted by Gasteiger charge is -2.28. The molecule has 0 saturated carbocycles. The van der Waals surface area contributed by atoms with Crippen molar-refractivity contribution in [2.45, 2.75) is 18.6 Å². The van der Waals surface area contributed by atoms with E-state index in [0.717, 1.165) is 0 Å². The van der Waals surface area contributed by atoms with E-state index < -0.39 is 23.6 Å². The largest absolute Gasteiger partial charge is 0.479 e. The number of carboxylic acids is 1. The summed E-state index contributed by atoms with van der Waals surface area (Å²) in [6.07, 6.45) is -5.14. The second-order valence-electron chi connectivity index (χ2n) is 4.01. The van der Waals surface area contributed by atoms with Gasteiger partial charge in [-0.3, -0.25) is 4.79 Å². The molecule has 0 fully saturated rings. The normalized spacial score (nSPS) is 14.5. The van der Waals surface area contributed by atoms with Gasteiger partial charge in [0, 0.05) is 10.0 Å². The van der Waals surface area contributed by atoms with Crippen molar-refractivity contribution in [1.82, 2.24) is 5.32 Å². The minimum absolute atomic E-state index is 0.155. The van der Waals surface area contributed by atoms with Gasteiger partial charge < -0.3 is 10.4 Å². The summed E-state index contributed by atoms with van der Waals surface area (Å²) in [6.45, 7) is 0.373. The van der Waals surface area contributed by atoms with Crippen LogP contribution >= 0.6 is 27.5 Å². The zero-order valence-corrected chi connectivity index (χ0v) is 12.2. The molecule has 110 valence electrons. The highest BCUT2D eigenvalue weighted by Gasteiger charge is 2.58. The molecule has 0 radical (unpaired) electrons. The number of hydrogen-bond donors (Lipinski definition) is 2. The number of carbonyl (C=O) groups is 2. The van der Waals surface area contributed by atoms with Crippen molar-refractivity contribution in [3.05, 3.63) is 33.3 Å². The van der Waals surface area contributed by atoms with Crippen molar-refractivity contribution >= 4 is 39.4 Å². The fourth-order valence-corrected chi connectivity index (χ4v) is 1.68. The second-order valence-corrected chi connectivity index (χ2v) is 5.27. The van der Waals surface area contributed by atoms with Gasteiger partial charge in [-0.25, -0.2) is 4.79 Å². The molecule has 0 bridgehead atoms. The summed E-state index contributed by atoms with van der Waals surface area (Å²) in [4.78, 5) is 22.5. The summed E-state index contributed by atoms with van der Waals surface area (Å²) in [5, 5.41) is 10.4. The van der Waals surface area contributed by atoms with Gasteiger partial charge in [0.2, 0.25) is 5.54 Å². The lowest BCUT2D eigenvalue weighted by atomic mass is 10.0. The van der Waals surface area contributed by atoms with E-state index in [1.54, 1.807) is 0 Å². The fraction of sp³-hybridized carbons (Fsp3) is 0.273.